The molecule has 2 heterocycles. The monoisotopic (exact) mass is 585 g/mol. The Morgan fingerprint density at radius 1 is 1.05 bits per heavy atom. The summed E-state index contributed by atoms with van der Waals surface area (Å²) in [5.74, 6) is -4.44. The van der Waals surface area contributed by atoms with Crippen molar-refractivity contribution in [2.75, 3.05) is 26.8 Å². The summed E-state index contributed by atoms with van der Waals surface area (Å²) >= 11 is 0. The van der Waals surface area contributed by atoms with Crippen molar-refractivity contribution in [2.45, 2.75) is 56.4 Å². The quantitative estimate of drug-likeness (QED) is 0.429. The Morgan fingerprint density at radius 3 is 2.12 bits per heavy atom. The van der Waals surface area contributed by atoms with Gasteiger partial charge in [-0.3, -0.25) is 14.5 Å². The summed E-state index contributed by atoms with van der Waals surface area (Å²) in [5, 5.41) is 7.12. The molecule has 2 saturated heterocycles. The number of carbonyl (C=O) groups is 3. The van der Waals surface area contributed by atoms with Gasteiger partial charge in [0.2, 0.25) is 11.8 Å². The number of aliphatic carboxylic acids is 1. The lowest BCUT2D eigenvalue weighted by Gasteiger charge is -2.40. The molecule has 0 aromatic heterocycles. The smallest absolute Gasteiger partial charge is 0.475 e. The van der Waals surface area contributed by atoms with E-state index in [-0.39, 0.29) is 24.6 Å². The van der Waals surface area contributed by atoms with E-state index in [4.69, 9.17) is 20.4 Å². The fourth-order valence-corrected chi connectivity index (χ4v) is 5.47. The number of ether oxygens (including phenoxy) is 1. The highest BCUT2D eigenvalue weighted by atomic mass is 19.4. The van der Waals surface area contributed by atoms with Gasteiger partial charge in [0.05, 0.1) is 6.54 Å². The SMILES string of the molecule is COCC(=O)N(CCN1[C@@H]2CC[C@H]1CC(c1cccc(C(N)=O)c1)C2)Cc1c(F)cccc1F.O=C(O)C(F)(F)F. The standard InChI is InChI=1S/C26H31F2N3O3.C2HF3O2/c1-34-16-25(32)30(15-22-23(27)6-3-7-24(22)28)10-11-31-20-8-9-21(31)14-19(13-20)17-4-2-5-18(12-17)26(29)33;3-2(4,5)1(6)7/h2-7,12,19-21H,8-11,13-16H2,1H3,(H2,29,33);(H,6,7)/t19?,20-,21+;. The Labute approximate surface area is 233 Å². The van der Waals surface area contributed by atoms with Gasteiger partial charge in [-0.15, -0.1) is 0 Å². The number of rotatable bonds is 9. The van der Waals surface area contributed by atoms with Crippen LogP contribution in [-0.4, -0.2) is 77.8 Å². The van der Waals surface area contributed by atoms with Gasteiger partial charge in [-0.05, 0) is 61.4 Å². The summed E-state index contributed by atoms with van der Waals surface area (Å²) in [6.45, 7) is 0.729. The van der Waals surface area contributed by atoms with Crippen LogP contribution in [0, 0.1) is 11.6 Å². The summed E-state index contributed by atoms with van der Waals surface area (Å²) in [5.41, 5.74) is 7.01. The molecule has 3 atom stereocenters. The molecule has 4 rings (SSSR count). The normalized spacial score (nSPS) is 20.2. The molecule has 3 N–H and O–H groups in total. The molecule has 0 aliphatic carbocycles. The second kappa shape index (κ2) is 13.9. The molecule has 13 heteroatoms. The van der Waals surface area contributed by atoms with Crippen LogP contribution in [-0.2, 0) is 20.9 Å². The molecule has 0 radical (unpaired) electrons. The molecule has 2 aliphatic rings. The van der Waals surface area contributed by atoms with E-state index in [0.717, 1.165) is 31.2 Å². The number of methoxy groups -OCH3 is 1. The molecule has 41 heavy (non-hydrogen) atoms. The van der Waals surface area contributed by atoms with Crippen LogP contribution in [0.1, 0.15) is 53.1 Å². The van der Waals surface area contributed by atoms with Crippen LogP contribution >= 0.6 is 0 Å². The van der Waals surface area contributed by atoms with Gasteiger partial charge in [0.15, 0.2) is 0 Å². The van der Waals surface area contributed by atoms with Crippen molar-refractivity contribution in [3.63, 3.8) is 0 Å². The van der Waals surface area contributed by atoms with E-state index in [0.29, 0.717) is 36.7 Å². The number of carboxylic acids is 1. The summed E-state index contributed by atoms with van der Waals surface area (Å²) < 4.78 is 65.2. The van der Waals surface area contributed by atoms with Gasteiger partial charge in [0.25, 0.3) is 0 Å². The van der Waals surface area contributed by atoms with Crippen molar-refractivity contribution >= 4 is 17.8 Å². The Kier molecular flexibility index (Phi) is 10.8. The molecule has 0 saturated carbocycles. The molecule has 1 unspecified atom stereocenters. The summed E-state index contributed by atoms with van der Waals surface area (Å²) in [6, 6.07) is 12.0. The van der Waals surface area contributed by atoms with Crippen molar-refractivity contribution < 1.29 is 46.2 Å². The minimum atomic E-state index is -5.08. The zero-order valence-electron chi connectivity index (χ0n) is 22.4. The zero-order valence-corrected chi connectivity index (χ0v) is 22.4. The minimum absolute atomic E-state index is 0.108. The van der Waals surface area contributed by atoms with Crippen LogP contribution in [0.25, 0.3) is 0 Å². The summed E-state index contributed by atoms with van der Waals surface area (Å²) in [6.07, 6.45) is -1.01. The molecular formula is C28H32F5N3O5. The largest absolute Gasteiger partial charge is 0.490 e. The van der Waals surface area contributed by atoms with E-state index in [1.807, 2.05) is 12.1 Å². The van der Waals surface area contributed by atoms with Crippen LogP contribution in [0.15, 0.2) is 42.5 Å². The maximum atomic E-state index is 14.2. The first kappa shape index (κ1) is 31.9. The van der Waals surface area contributed by atoms with Gasteiger partial charge in [0, 0.05) is 43.4 Å². The molecule has 2 aromatic rings. The fraction of sp³-hybridized carbons (Fsp3) is 0.464. The van der Waals surface area contributed by atoms with E-state index >= 15 is 0 Å². The molecule has 224 valence electrons. The molecule has 2 aromatic carbocycles. The molecule has 2 aliphatic heterocycles. The Hall–Kier alpha value is -3.58. The maximum absolute atomic E-state index is 14.2. The van der Waals surface area contributed by atoms with Crippen LogP contribution in [0.4, 0.5) is 22.0 Å². The van der Waals surface area contributed by atoms with Crippen LogP contribution in [0.3, 0.4) is 0 Å². The first-order valence-electron chi connectivity index (χ1n) is 13.0. The van der Waals surface area contributed by atoms with Crippen LogP contribution < -0.4 is 5.73 Å². The summed E-state index contributed by atoms with van der Waals surface area (Å²) in [4.78, 5) is 37.0. The number of fused-ring (bicyclic) bond motifs is 2. The third-order valence-corrected chi connectivity index (χ3v) is 7.43. The zero-order chi connectivity index (χ0) is 30.3. The third kappa shape index (κ3) is 8.46. The van der Waals surface area contributed by atoms with Gasteiger partial charge in [0.1, 0.15) is 18.2 Å². The van der Waals surface area contributed by atoms with E-state index in [9.17, 15) is 31.5 Å². The lowest BCUT2D eigenvalue weighted by Crippen LogP contribution is -2.47. The van der Waals surface area contributed by atoms with Gasteiger partial charge < -0.3 is 20.5 Å². The number of piperidine rings is 1. The average molecular weight is 586 g/mol. The van der Waals surface area contributed by atoms with Crippen molar-refractivity contribution in [3.8, 4) is 0 Å². The molecular weight excluding hydrogens is 553 g/mol. The number of halogens is 5. The number of amides is 2. The number of hydrogen-bond donors (Lipinski definition) is 2. The number of nitrogens with zero attached hydrogens (tertiary/aromatic N) is 2. The maximum Gasteiger partial charge on any atom is 0.490 e. The van der Waals surface area contributed by atoms with Gasteiger partial charge in [-0.2, -0.15) is 13.2 Å². The second-order valence-corrected chi connectivity index (χ2v) is 10.0. The fourth-order valence-electron chi connectivity index (χ4n) is 5.47. The highest BCUT2D eigenvalue weighted by Crippen LogP contribution is 2.43. The molecule has 8 nitrogen and oxygen atoms in total. The number of alkyl halides is 3. The van der Waals surface area contributed by atoms with Crippen molar-refractivity contribution in [1.29, 1.82) is 0 Å². The van der Waals surface area contributed by atoms with Crippen molar-refractivity contribution in [2.24, 2.45) is 5.73 Å². The first-order valence-corrected chi connectivity index (χ1v) is 13.0. The molecule has 2 amide bonds. The van der Waals surface area contributed by atoms with Crippen LogP contribution in [0.2, 0.25) is 0 Å². The second-order valence-electron chi connectivity index (χ2n) is 10.0. The number of primary amides is 1. The van der Waals surface area contributed by atoms with Gasteiger partial charge >= 0.3 is 12.1 Å². The molecule has 0 spiro atoms. The lowest BCUT2D eigenvalue weighted by molar-refractivity contribution is -0.192. The van der Waals surface area contributed by atoms with E-state index < -0.39 is 29.7 Å². The molecule has 2 fully saturated rings. The summed E-state index contributed by atoms with van der Waals surface area (Å²) in [7, 11) is 1.43. The van der Waals surface area contributed by atoms with Gasteiger partial charge in [-0.1, -0.05) is 18.2 Å². The highest BCUT2D eigenvalue weighted by Gasteiger charge is 2.41. The number of nitrogens with two attached hydrogens (primary N) is 1. The van der Waals surface area contributed by atoms with E-state index in [1.54, 1.807) is 6.07 Å². The number of carboxylic acid groups (broad SMARTS) is 1. The third-order valence-electron chi connectivity index (χ3n) is 7.43. The Balaban J connectivity index is 0.000000587. The first-order chi connectivity index (χ1) is 19.3. The topological polar surface area (TPSA) is 113 Å². The number of carbonyl (C=O) groups excluding carboxylic acids is 2. The predicted molar refractivity (Wildman–Crippen MR) is 138 cm³/mol. The van der Waals surface area contributed by atoms with E-state index in [1.165, 1.54) is 30.2 Å². The highest BCUT2D eigenvalue weighted by molar-refractivity contribution is 5.92. The van der Waals surface area contributed by atoms with Crippen molar-refractivity contribution in [1.82, 2.24) is 9.80 Å². The van der Waals surface area contributed by atoms with Crippen molar-refractivity contribution in [3.05, 3.63) is 70.8 Å². The van der Waals surface area contributed by atoms with Gasteiger partial charge in [-0.25, -0.2) is 13.6 Å². The van der Waals surface area contributed by atoms with E-state index in [2.05, 4.69) is 11.0 Å². The predicted octanol–water partition coefficient (Wildman–Crippen LogP) is 4.08. The average Bonchev–Trinajstić information content (AvgIpc) is 3.14. The lowest BCUT2D eigenvalue weighted by atomic mass is 9.84. The molecule has 2 bridgehead atoms. The Morgan fingerprint density at radius 2 is 1.61 bits per heavy atom. The number of hydrogen-bond acceptors (Lipinski definition) is 5. The van der Waals surface area contributed by atoms with Crippen LogP contribution in [0.5, 0.6) is 0 Å². The Bertz CT molecular complexity index is 1210. The number of benzene rings is 2. The minimum Gasteiger partial charge on any atom is -0.475 e.